The molecule has 0 aliphatic rings. The minimum atomic E-state index is -0.445. The topological polar surface area (TPSA) is 70.6 Å². The molecule has 4 nitrogen and oxygen atoms in total. The Morgan fingerprint density at radius 1 is 1.53 bits per heavy atom. The van der Waals surface area contributed by atoms with Crippen molar-refractivity contribution in [2.45, 2.75) is 26.7 Å². The van der Waals surface area contributed by atoms with Gasteiger partial charge in [0.2, 0.25) is 0 Å². The SMILES string of the molecule is CC(C)(CCCNc1cccc(Cl)c1F)C(N)=NO. The molecule has 0 unspecified atom stereocenters. The Bertz CT molecular complexity index is 463. The number of amidine groups is 1. The first-order valence-corrected chi connectivity index (χ1v) is 6.42. The lowest BCUT2D eigenvalue weighted by atomic mass is 9.86. The van der Waals surface area contributed by atoms with E-state index in [4.69, 9.17) is 22.5 Å². The summed E-state index contributed by atoms with van der Waals surface area (Å²) in [7, 11) is 0. The van der Waals surface area contributed by atoms with E-state index in [0.29, 0.717) is 12.2 Å². The zero-order chi connectivity index (χ0) is 14.5. The quantitative estimate of drug-likeness (QED) is 0.247. The van der Waals surface area contributed by atoms with Crippen molar-refractivity contribution in [1.29, 1.82) is 0 Å². The summed E-state index contributed by atoms with van der Waals surface area (Å²) in [4.78, 5) is 0. The number of nitrogens with two attached hydrogens (primary N) is 1. The number of anilines is 1. The third-order valence-electron chi connectivity index (χ3n) is 3.05. The molecule has 0 bridgehead atoms. The molecule has 1 aromatic rings. The van der Waals surface area contributed by atoms with Crippen LogP contribution in [0.25, 0.3) is 0 Å². The Hall–Kier alpha value is -1.49. The molecule has 1 aromatic carbocycles. The molecule has 0 saturated heterocycles. The molecule has 0 aliphatic carbocycles. The Kier molecular flexibility index (Phi) is 5.42. The summed E-state index contributed by atoms with van der Waals surface area (Å²) in [6, 6.07) is 4.83. The first kappa shape index (κ1) is 15.6. The highest BCUT2D eigenvalue weighted by atomic mass is 35.5. The second kappa shape index (κ2) is 6.61. The van der Waals surface area contributed by atoms with Crippen molar-refractivity contribution < 1.29 is 9.60 Å². The average molecular weight is 288 g/mol. The maximum atomic E-state index is 13.6. The normalized spacial score (nSPS) is 12.5. The molecule has 4 N–H and O–H groups in total. The van der Waals surface area contributed by atoms with Crippen molar-refractivity contribution in [1.82, 2.24) is 0 Å². The van der Waals surface area contributed by atoms with Crippen LogP contribution in [0.2, 0.25) is 5.02 Å². The number of halogens is 2. The van der Waals surface area contributed by atoms with Gasteiger partial charge in [0.15, 0.2) is 5.82 Å². The number of hydrogen-bond donors (Lipinski definition) is 3. The van der Waals surface area contributed by atoms with Crippen LogP contribution in [0.4, 0.5) is 10.1 Å². The van der Waals surface area contributed by atoms with Crippen molar-refractivity contribution in [2.24, 2.45) is 16.3 Å². The van der Waals surface area contributed by atoms with Crippen LogP contribution in [0.3, 0.4) is 0 Å². The lowest BCUT2D eigenvalue weighted by Crippen LogP contribution is -2.32. The van der Waals surface area contributed by atoms with Gasteiger partial charge in [-0.1, -0.05) is 36.7 Å². The molecule has 0 atom stereocenters. The molecule has 0 heterocycles. The van der Waals surface area contributed by atoms with Gasteiger partial charge in [0, 0.05) is 12.0 Å². The van der Waals surface area contributed by atoms with Crippen LogP contribution in [-0.2, 0) is 0 Å². The molecule has 0 amide bonds. The minimum Gasteiger partial charge on any atom is -0.409 e. The predicted octanol–water partition coefficient (Wildman–Crippen LogP) is 3.44. The van der Waals surface area contributed by atoms with Gasteiger partial charge >= 0.3 is 0 Å². The lowest BCUT2D eigenvalue weighted by Gasteiger charge is -2.22. The number of benzene rings is 1. The summed E-state index contributed by atoms with van der Waals surface area (Å²) in [5.41, 5.74) is 5.59. The number of rotatable bonds is 6. The summed E-state index contributed by atoms with van der Waals surface area (Å²) in [6.07, 6.45) is 1.48. The molecule has 0 aromatic heterocycles. The molecular weight excluding hydrogens is 269 g/mol. The lowest BCUT2D eigenvalue weighted by molar-refractivity contribution is 0.305. The van der Waals surface area contributed by atoms with E-state index in [1.165, 1.54) is 6.07 Å². The first-order chi connectivity index (χ1) is 8.88. The van der Waals surface area contributed by atoms with E-state index in [1.54, 1.807) is 12.1 Å². The van der Waals surface area contributed by atoms with Gasteiger partial charge in [-0.2, -0.15) is 0 Å². The largest absolute Gasteiger partial charge is 0.409 e. The van der Waals surface area contributed by atoms with E-state index >= 15 is 0 Å². The first-order valence-electron chi connectivity index (χ1n) is 6.04. The summed E-state index contributed by atoms with van der Waals surface area (Å²) < 4.78 is 13.6. The van der Waals surface area contributed by atoms with Crippen molar-refractivity contribution in [3.05, 3.63) is 29.0 Å². The molecular formula is C13H19ClFN3O. The molecule has 0 saturated carbocycles. The van der Waals surface area contributed by atoms with Crippen molar-refractivity contribution >= 4 is 23.1 Å². The van der Waals surface area contributed by atoms with Crippen LogP contribution in [0.5, 0.6) is 0 Å². The molecule has 106 valence electrons. The Balaban J connectivity index is 2.46. The molecule has 0 radical (unpaired) electrons. The number of hydrogen-bond acceptors (Lipinski definition) is 3. The molecule has 0 spiro atoms. The van der Waals surface area contributed by atoms with Crippen LogP contribution in [0.1, 0.15) is 26.7 Å². The summed E-state index contributed by atoms with van der Waals surface area (Å²) in [5, 5.41) is 14.8. The van der Waals surface area contributed by atoms with Crippen LogP contribution in [0, 0.1) is 11.2 Å². The fourth-order valence-electron chi connectivity index (χ4n) is 1.66. The standard InChI is InChI=1S/C13H19ClFN3O/c1-13(2,12(16)18-19)7-4-8-17-10-6-3-5-9(14)11(10)15/h3,5-6,17,19H,4,7-8H2,1-2H3,(H2,16,18). The third kappa shape index (κ3) is 4.28. The highest BCUT2D eigenvalue weighted by Gasteiger charge is 2.22. The zero-order valence-corrected chi connectivity index (χ0v) is 11.8. The molecule has 1 rings (SSSR count). The summed E-state index contributed by atoms with van der Waals surface area (Å²) in [6.45, 7) is 4.36. The summed E-state index contributed by atoms with van der Waals surface area (Å²) >= 11 is 5.68. The fraction of sp³-hybridized carbons (Fsp3) is 0.462. The van der Waals surface area contributed by atoms with E-state index in [2.05, 4.69) is 10.5 Å². The molecule has 19 heavy (non-hydrogen) atoms. The van der Waals surface area contributed by atoms with Crippen molar-refractivity contribution in [3.63, 3.8) is 0 Å². The van der Waals surface area contributed by atoms with Crippen LogP contribution in [-0.4, -0.2) is 17.6 Å². The smallest absolute Gasteiger partial charge is 0.164 e. The summed E-state index contributed by atoms with van der Waals surface area (Å²) in [5.74, 6) is -0.249. The average Bonchev–Trinajstić information content (AvgIpc) is 2.38. The van der Waals surface area contributed by atoms with Crippen LogP contribution in [0.15, 0.2) is 23.4 Å². The van der Waals surface area contributed by atoms with E-state index in [1.807, 2.05) is 13.8 Å². The monoisotopic (exact) mass is 287 g/mol. The number of nitrogens with one attached hydrogen (secondary N) is 1. The Morgan fingerprint density at radius 2 is 2.21 bits per heavy atom. The van der Waals surface area contributed by atoms with E-state index in [-0.39, 0.29) is 16.3 Å². The van der Waals surface area contributed by atoms with Crippen LogP contribution >= 0.6 is 11.6 Å². The van der Waals surface area contributed by atoms with Crippen LogP contribution < -0.4 is 11.1 Å². The second-order valence-corrected chi connectivity index (χ2v) is 5.41. The van der Waals surface area contributed by atoms with Gasteiger partial charge in [-0.15, -0.1) is 0 Å². The highest BCUT2D eigenvalue weighted by Crippen LogP contribution is 2.24. The third-order valence-corrected chi connectivity index (χ3v) is 3.34. The second-order valence-electron chi connectivity index (χ2n) is 5.00. The van der Waals surface area contributed by atoms with Crippen molar-refractivity contribution in [3.8, 4) is 0 Å². The van der Waals surface area contributed by atoms with E-state index in [9.17, 15) is 4.39 Å². The number of oxime groups is 1. The van der Waals surface area contributed by atoms with Gasteiger partial charge in [0.25, 0.3) is 0 Å². The van der Waals surface area contributed by atoms with Gasteiger partial charge in [0.05, 0.1) is 10.7 Å². The van der Waals surface area contributed by atoms with Gasteiger partial charge in [-0.05, 0) is 25.0 Å². The highest BCUT2D eigenvalue weighted by molar-refractivity contribution is 6.31. The number of nitrogens with zero attached hydrogens (tertiary/aromatic N) is 1. The van der Waals surface area contributed by atoms with E-state index < -0.39 is 5.82 Å². The van der Waals surface area contributed by atoms with Gasteiger partial charge < -0.3 is 16.3 Å². The van der Waals surface area contributed by atoms with Gasteiger partial charge in [-0.25, -0.2) is 4.39 Å². The zero-order valence-electron chi connectivity index (χ0n) is 11.1. The Labute approximate surface area is 117 Å². The maximum Gasteiger partial charge on any atom is 0.164 e. The Morgan fingerprint density at radius 3 is 2.84 bits per heavy atom. The molecule has 0 fully saturated rings. The molecule has 6 heteroatoms. The fourth-order valence-corrected chi connectivity index (χ4v) is 1.83. The van der Waals surface area contributed by atoms with E-state index in [0.717, 1.165) is 12.8 Å². The van der Waals surface area contributed by atoms with Gasteiger partial charge in [-0.3, -0.25) is 0 Å². The minimum absolute atomic E-state index is 0.0991. The predicted molar refractivity (Wildman–Crippen MR) is 76.3 cm³/mol. The molecule has 0 aliphatic heterocycles. The maximum absolute atomic E-state index is 13.6. The van der Waals surface area contributed by atoms with Gasteiger partial charge in [0.1, 0.15) is 5.84 Å². The van der Waals surface area contributed by atoms with Crippen molar-refractivity contribution in [2.75, 3.05) is 11.9 Å².